The lowest BCUT2D eigenvalue weighted by Gasteiger charge is -2.32. The third kappa shape index (κ3) is 9.91. The highest BCUT2D eigenvalue weighted by molar-refractivity contribution is 6.30. The average Bonchev–Trinajstić information content (AvgIpc) is 3.53. The molecule has 4 N–H and O–H groups in total. The van der Waals surface area contributed by atoms with Gasteiger partial charge in [-0.1, -0.05) is 41.0 Å². The minimum absolute atomic E-state index is 0.212. The van der Waals surface area contributed by atoms with Crippen LogP contribution in [0.25, 0.3) is 0 Å². The number of aliphatic carboxylic acids is 3. The number of halogens is 2. The largest absolute Gasteiger partial charge is 0.481 e. The van der Waals surface area contributed by atoms with Crippen LogP contribution in [0.5, 0.6) is 0 Å². The molecule has 0 bridgehead atoms. The van der Waals surface area contributed by atoms with E-state index in [-0.39, 0.29) is 11.9 Å². The number of carboxylic acids is 3. The van der Waals surface area contributed by atoms with Crippen molar-refractivity contribution in [3.05, 3.63) is 88.0 Å². The molecule has 11 nitrogen and oxygen atoms in total. The Hall–Kier alpha value is -3.84. The summed E-state index contributed by atoms with van der Waals surface area (Å²) >= 11 is 6.20. The Bertz CT molecular complexity index is 1350. The molecule has 0 spiro atoms. The first kappa shape index (κ1) is 32.7. The second-order valence-corrected chi connectivity index (χ2v) is 10.6. The maximum absolute atomic E-state index is 13.4. The van der Waals surface area contributed by atoms with Crippen LogP contribution in [-0.2, 0) is 38.6 Å². The predicted molar refractivity (Wildman–Crippen MR) is 147 cm³/mol. The molecule has 0 unspecified atom stereocenters. The summed E-state index contributed by atoms with van der Waals surface area (Å²) in [6.07, 6.45) is -1.51. The summed E-state index contributed by atoms with van der Waals surface area (Å²) in [6.45, 7) is 4.69. The molecule has 3 aromatic rings. The molecule has 0 radical (unpaired) electrons. The monoisotopic (exact) mass is 606 g/mol. The first-order valence-electron chi connectivity index (χ1n) is 13.0. The number of carbonyl (C=O) groups is 3. The van der Waals surface area contributed by atoms with Gasteiger partial charge in [-0.3, -0.25) is 14.5 Å². The van der Waals surface area contributed by atoms with Crippen LogP contribution in [0.3, 0.4) is 0 Å². The summed E-state index contributed by atoms with van der Waals surface area (Å²) < 4.78 is 24.7. The summed E-state index contributed by atoms with van der Waals surface area (Å²) in [7, 11) is 0. The van der Waals surface area contributed by atoms with Gasteiger partial charge in [0.05, 0.1) is 31.7 Å². The van der Waals surface area contributed by atoms with Crippen LogP contribution in [0.1, 0.15) is 35.4 Å². The lowest BCUT2D eigenvalue weighted by Crippen LogP contribution is -2.42. The fourth-order valence-corrected chi connectivity index (χ4v) is 4.87. The van der Waals surface area contributed by atoms with Crippen LogP contribution in [0.15, 0.2) is 59.1 Å². The lowest BCUT2D eigenvalue weighted by atomic mass is 9.95. The van der Waals surface area contributed by atoms with E-state index in [2.05, 4.69) is 16.1 Å². The van der Waals surface area contributed by atoms with Gasteiger partial charge < -0.3 is 29.7 Å². The number of aromatic nitrogens is 1. The molecule has 1 aliphatic heterocycles. The normalized spacial score (nSPS) is 16.6. The highest BCUT2D eigenvalue weighted by Gasteiger charge is 2.40. The van der Waals surface area contributed by atoms with Gasteiger partial charge in [0.1, 0.15) is 11.6 Å². The molecule has 1 saturated heterocycles. The first-order valence-corrected chi connectivity index (χ1v) is 13.3. The number of ether oxygens (including phenoxy) is 1. The van der Waals surface area contributed by atoms with Crippen LogP contribution in [0.4, 0.5) is 4.39 Å². The number of aliphatic hydroxyl groups is 1. The minimum Gasteiger partial charge on any atom is -0.481 e. The molecule has 1 aromatic heterocycles. The zero-order valence-electron chi connectivity index (χ0n) is 22.8. The molecular weight excluding hydrogens is 575 g/mol. The first-order chi connectivity index (χ1) is 19.8. The number of hydrogen-bond donors (Lipinski definition) is 4. The van der Waals surface area contributed by atoms with Crippen LogP contribution in [0, 0.1) is 18.7 Å². The van der Waals surface area contributed by atoms with Crippen LogP contribution < -0.4 is 0 Å². The van der Waals surface area contributed by atoms with Gasteiger partial charge in [0.15, 0.2) is 5.60 Å². The molecule has 2 heterocycles. The van der Waals surface area contributed by atoms with E-state index in [4.69, 9.17) is 41.3 Å². The average molecular weight is 607 g/mol. The van der Waals surface area contributed by atoms with Crippen molar-refractivity contribution in [3.63, 3.8) is 0 Å². The molecule has 2 aromatic carbocycles. The van der Waals surface area contributed by atoms with Crippen LogP contribution in [-0.4, -0.2) is 73.2 Å². The van der Waals surface area contributed by atoms with Crippen molar-refractivity contribution in [2.45, 2.75) is 50.9 Å². The van der Waals surface area contributed by atoms with Crippen molar-refractivity contribution < 1.29 is 48.5 Å². The van der Waals surface area contributed by atoms with Gasteiger partial charge in [0.2, 0.25) is 0 Å². The predicted octanol–water partition coefficient (Wildman–Crippen LogP) is 3.79. The van der Waals surface area contributed by atoms with E-state index in [1.54, 1.807) is 0 Å². The molecule has 1 fully saturated rings. The highest BCUT2D eigenvalue weighted by Crippen LogP contribution is 2.27. The quantitative estimate of drug-likeness (QED) is 0.236. The second-order valence-electron chi connectivity index (χ2n) is 10.1. The maximum Gasteiger partial charge on any atom is 0.336 e. The van der Waals surface area contributed by atoms with E-state index >= 15 is 0 Å². The van der Waals surface area contributed by atoms with Gasteiger partial charge in [-0.2, -0.15) is 0 Å². The Labute approximate surface area is 246 Å². The zero-order chi connectivity index (χ0) is 30.9. The summed E-state index contributed by atoms with van der Waals surface area (Å²) in [5, 5.41) is 38.5. The molecular formula is C29H32ClFN2O9. The van der Waals surface area contributed by atoms with Gasteiger partial charge in [-0.05, 0) is 42.3 Å². The van der Waals surface area contributed by atoms with Crippen molar-refractivity contribution in [2.24, 2.45) is 5.92 Å². The van der Waals surface area contributed by atoms with E-state index in [9.17, 15) is 18.8 Å². The number of hydrogen-bond acceptors (Lipinski definition) is 8. The summed E-state index contributed by atoms with van der Waals surface area (Å²) in [5.74, 6) is -4.07. The molecule has 0 aliphatic carbocycles. The highest BCUT2D eigenvalue weighted by atomic mass is 35.5. The van der Waals surface area contributed by atoms with E-state index in [0.717, 1.165) is 40.6 Å². The zero-order valence-corrected chi connectivity index (χ0v) is 23.5. The van der Waals surface area contributed by atoms with Crippen LogP contribution >= 0.6 is 11.6 Å². The Kier molecular flexibility index (Phi) is 11.6. The van der Waals surface area contributed by atoms with E-state index < -0.39 is 36.4 Å². The van der Waals surface area contributed by atoms with Crippen molar-refractivity contribution in [2.75, 3.05) is 13.2 Å². The summed E-state index contributed by atoms with van der Waals surface area (Å²) in [4.78, 5) is 32.9. The Morgan fingerprint density at radius 3 is 2.19 bits per heavy atom. The summed E-state index contributed by atoms with van der Waals surface area (Å²) in [5.41, 5.74) is 0.352. The Morgan fingerprint density at radius 2 is 1.64 bits per heavy atom. The van der Waals surface area contributed by atoms with Crippen molar-refractivity contribution in [1.82, 2.24) is 10.1 Å². The molecule has 1 aliphatic rings. The van der Waals surface area contributed by atoms with Crippen molar-refractivity contribution >= 4 is 29.5 Å². The Morgan fingerprint density at radius 1 is 1.00 bits per heavy atom. The van der Waals surface area contributed by atoms with Gasteiger partial charge in [-0.15, -0.1) is 0 Å². The fraction of sp³-hybridized carbons (Fsp3) is 0.379. The number of aryl methyl sites for hydroxylation is 1. The molecule has 2 atom stereocenters. The second kappa shape index (κ2) is 14.9. The molecule has 0 saturated carbocycles. The van der Waals surface area contributed by atoms with E-state index in [1.807, 2.05) is 43.3 Å². The number of carboxylic acid groups (broad SMARTS) is 3. The summed E-state index contributed by atoms with van der Waals surface area (Å²) in [6, 6.07) is 16.8. The SMILES string of the molecule is Cc1cc(C[C@@H]2COC[C@H]2N(Cc2ccc(F)cc2)Cc2cccc(Cl)c2)on1.O=C(O)CC(O)(CC(=O)O)C(=O)O. The van der Waals surface area contributed by atoms with Crippen molar-refractivity contribution in [1.29, 1.82) is 0 Å². The van der Waals surface area contributed by atoms with Gasteiger partial charge in [0.25, 0.3) is 0 Å². The minimum atomic E-state index is -2.74. The van der Waals surface area contributed by atoms with Crippen molar-refractivity contribution in [3.8, 4) is 0 Å². The van der Waals surface area contributed by atoms with E-state index in [0.29, 0.717) is 25.7 Å². The molecule has 226 valence electrons. The lowest BCUT2D eigenvalue weighted by molar-refractivity contribution is -0.170. The number of nitrogens with zero attached hydrogens (tertiary/aromatic N) is 2. The van der Waals surface area contributed by atoms with Gasteiger partial charge in [-0.25, -0.2) is 9.18 Å². The standard InChI is InChI=1S/C23H24ClFN2O2.C6H8O7/c1-16-9-22(29-26-16)11-19-14-28-15-23(19)27(12-17-5-7-21(25)8-6-17)13-18-3-2-4-20(24)10-18;7-3(8)1-6(13,5(11)12)2-4(9)10/h2-10,19,23H,11-15H2,1H3;13H,1-2H2,(H,7,8)(H,9,10)(H,11,12)/t19-,23-;/m1./s1. The third-order valence-electron chi connectivity index (χ3n) is 6.63. The van der Waals surface area contributed by atoms with E-state index in [1.165, 1.54) is 12.1 Å². The molecule has 0 amide bonds. The Balaban J connectivity index is 0.000000316. The van der Waals surface area contributed by atoms with Gasteiger partial charge >= 0.3 is 17.9 Å². The smallest absolute Gasteiger partial charge is 0.336 e. The topological polar surface area (TPSA) is 171 Å². The number of rotatable bonds is 12. The van der Waals surface area contributed by atoms with Gasteiger partial charge in [0, 0.05) is 42.6 Å². The fourth-order valence-electron chi connectivity index (χ4n) is 4.66. The molecule has 13 heteroatoms. The third-order valence-corrected chi connectivity index (χ3v) is 6.87. The molecule has 4 rings (SSSR count). The van der Waals surface area contributed by atoms with Crippen LogP contribution in [0.2, 0.25) is 5.02 Å². The maximum atomic E-state index is 13.4. The number of benzene rings is 2. The molecule has 42 heavy (non-hydrogen) atoms.